The highest BCUT2D eigenvalue weighted by Crippen LogP contribution is 2.21. The molecule has 2 aromatic carbocycles. The van der Waals surface area contributed by atoms with E-state index >= 15 is 0 Å². The third-order valence-electron chi connectivity index (χ3n) is 2.86. The summed E-state index contributed by atoms with van der Waals surface area (Å²) in [5, 5.41) is 9.32. The van der Waals surface area contributed by atoms with Crippen molar-refractivity contribution >= 4 is 11.6 Å². The van der Waals surface area contributed by atoms with E-state index < -0.39 is 0 Å². The van der Waals surface area contributed by atoms with Crippen LogP contribution in [0.25, 0.3) is 11.6 Å². The predicted octanol–water partition coefficient (Wildman–Crippen LogP) is 3.91. The minimum Gasteiger partial charge on any atom is -0.392 e. The number of hydrogen-bond donors (Lipinski definition) is 1. The molecule has 90 valence electrons. The molecule has 0 aliphatic carbocycles. The average Bonchev–Trinajstić information content (AvgIpc) is 2.46. The third kappa shape index (κ3) is 2.76. The second-order valence-corrected chi connectivity index (χ2v) is 4.03. The van der Waals surface area contributed by atoms with Crippen molar-refractivity contribution in [3.63, 3.8) is 0 Å². The molecule has 0 fully saturated rings. The maximum Gasteiger partial charge on any atom is 0.0687 e. The first-order valence-corrected chi connectivity index (χ1v) is 5.93. The van der Waals surface area contributed by atoms with Crippen LogP contribution in [0.2, 0.25) is 0 Å². The van der Waals surface area contributed by atoms with Crippen molar-refractivity contribution < 1.29 is 5.11 Å². The Morgan fingerprint density at radius 3 is 2.33 bits per heavy atom. The van der Waals surface area contributed by atoms with Crippen molar-refractivity contribution in [3.05, 3.63) is 83.9 Å². The van der Waals surface area contributed by atoms with E-state index in [0.717, 1.165) is 22.3 Å². The number of benzene rings is 2. The van der Waals surface area contributed by atoms with Gasteiger partial charge >= 0.3 is 0 Å². The Kier molecular flexibility index (Phi) is 4.11. The molecule has 2 rings (SSSR count). The molecule has 0 unspecified atom stereocenters. The second-order valence-electron chi connectivity index (χ2n) is 4.03. The predicted molar refractivity (Wildman–Crippen MR) is 76.9 cm³/mol. The van der Waals surface area contributed by atoms with Crippen LogP contribution in [-0.2, 0) is 6.61 Å². The monoisotopic (exact) mass is 236 g/mol. The molecule has 1 N–H and O–H groups in total. The maximum absolute atomic E-state index is 9.32. The summed E-state index contributed by atoms with van der Waals surface area (Å²) in [6, 6.07) is 17.9. The van der Waals surface area contributed by atoms with Gasteiger partial charge in [-0.1, -0.05) is 67.3 Å². The zero-order valence-corrected chi connectivity index (χ0v) is 10.2. The van der Waals surface area contributed by atoms with E-state index in [2.05, 4.69) is 18.7 Å². The Balaban J connectivity index is 2.44. The molecule has 0 aliphatic rings. The molecule has 1 nitrogen and oxygen atoms in total. The normalized spacial score (nSPS) is 11.3. The highest BCUT2D eigenvalue weighted by molar-refractivity contribution is 5.87. The van der Waals surface area contributed by atoms with E-state index in [1.165, 1.54) is 0 Å². The Labute approximate surface area is 108 Å². The van der Waals surface area contributed by atoms with E-state index in [0.29, 0.717) is 0 Å². The van der Waals surface area contributed by atoms with Crippen molar-refractivity contribution in [1.29, 1.82) is 0 Å². The molecule has 18 heavy (non-hydrogen) atoms. The van der Waals surface area contributed by atoms with Crippen molar-refractivity contribution in [2.75, 3.05) is 0 Å². The van der Waals surface area contributed by atoms with Gasteiger partial charge in [0.2, 0.25) is 0 Å². The van der Waals surface area contributed by atoms with Gasteiger partial charge in [0, 0.05) is 0 Å². The SMILES string of the molecule is C=C/C(=C/c1ccccc1CO)c1ccccc1. The maximum atomic E-state index is 9.32. The second kappa shape index (κ2) is 5.99. The summed E-state index contributed by atoms with van der Waals surface area (Å²) in [6.45, 7) is 3.91. The fourth-order valence-corrected chi connectivity index (χ4v) is 1.88. The van der Waals surface area contributed by atoms with Crippen LogP contribution in [0, 0.1) is 0 Å². The zero-order valence-electron chi connectivity index (χ0n) is 10.2. The highest BCUT2D eigenvalue weighted by atomic mass is 16.3. The Hall–Kier alpha value is -2.12. The fraction of sp³-hybridized carbons (Fsp3) is 0.0588. The van der Waals surface area contributed by atoms with Gasteiger partial charge in [0.05, 0.1) is 6.61 Å². The first-order chi connectivity index (χ1) is 8.85. The molecule has 0 spiro atoms. The lowest BCUT2D eigenvalue weighted by Crippen LogP contribution is -1.88. The molecular formula is C17H16O. The quantitative estimate of drug-likeness (QED) is 0.630. The lowest BCUT2D eigenvalue weighted by Gasteiger charge is -2.06. The Morgan fingerprint density at radius 2 is 1.67 bits per heavy atom. The molecule has 1 heteroatoms. The first kappa shape index (κ1) is 12.3. The summed E-state index contributed by atoms with van der Waals surface area (Å²) < 4.78 is 0. The molecular weight excluding hydrogens is 220 g/mol. The lowest BCUT2D eigenvalue weighted by atomic mass is 10.0. The van der Waals surface area contributed by atoms with Gasteiger partial charge in [0.25, 0.3) is 0 Å². The van der Waals surface area contributed by atoms with Crippen LogP contribution in [0.15, 0.2) is 67.3 Å². The summed E-state index contributed by atoms with van der Waals surface area (Å²) >= 11 is 0. The van der Waals surface area contributed by atoms with Gasteiger partial charge in [0.1, 0.15) is 0 Å². The van der Waals surface area contributed by atoms with Gasteiger partial charge in [0.15, 0.2) is 0 Å². The van der Waals surface area contributed by atoms with Crippen LogP contribution in [-0.4, -0.2) is 5.11 Å². The van der Waals surface area contributed by atoms with Crippen molar-refractivity contribution in [3.8, 4) is 0 Å². The number of aliphatic hydroxyl groups is 1. The first-order valence-electron chi connectivity index (χ1n) is 5.93. The number of allylic oxidation sites excluding steroid dienone is 2. The molecule has 0 radical (unpaired) electrons. The number of rotatable bonds is 4. The van der Waals surface area contributed by atoms with E-state index in [9.17, 15) is 5.11 Å². The molecule has 0 bridgehead atoms. The van der Waals surface area contributed by atoms with Crippen LogP contribution < -0.4 is 0 Å². The summed E-state index contributed by atoms with van der Waals surface area (Å²) in [7, 11) is 0. The van der Waals surface area contributed by atoms with Gasteiger partial charge in [-0.3, -0.25) is 0 Å². The summed E-state index contributed by atoms with van der Waals surface area (Å²) in [6.07, 6.45) is 3.89. The molecule has 0 saturated heterocycles. The van der Waals surface area contributed by atoms with E-state index in [1.807, 2.05) is 54.6 Å². The molecule has 2 aromatic rings. The fourth-order valence-electron chi connectivity index (χ4n) is 1.88. The summed E-state index contributed by atoms with van der Waals surface area (Å²) in [5.74, 6) is 0. The van der Waals surface area contributed by atoms with Gasteiger partial charge in [-0.15, -0.1) is 0 Å². The number of hydrogen-bond acceptors (Lipinski definition) is 1. The van der Waals surface area contributed by atoms with Gasteiger partial charge in [-0.05, 0) is 28.3 Å². The largest absolute Gasteiger partial charge is 0.392 e. The van der Waals surface area contributed by atoms with Crippen LogP contribution in [0.5, 0.6) is 0 Å². The lowest BCUT2D eigenvalue weighted by molar-refractivity contribution is 0.281. The number of aliphatic hydroxyl groups excluding tert-OH is 1. The summed E-state index contributed by atoms with van der Waals surface area (Å²) in [4.78, 5) is 0. The third-order valence-corrected chi connectivity index (χ3v) is 2.86. The Morgan fingerprint density at radius 1 is 1.00 bits per heavy atom. The molecule has 0 aliphatic heterocycles. The molecule has 0 saturated carbocycles. The minimum atomic E-state index is 0.0475. The van der Waals surface area contributed by atoms with Crippen LogP contribution in [0.4, 0.5) is 0 Å². The molecule has 0 atom stereocenters. The molecule has 0 amide bonds. The van der Waals surface area contributed by atoms with E-state index in [4.69, 9.17) is 0 Å². The van der Waals surface area contributed by atoms with Crippen LogP contribution in [0.3, 0.4) is 0 Å². The van der Waals surface area contributed by atoms with Gasteiger partial charge in [-0.2, -0.15) is 0 Å². The highest BCUT2D eigenvalue weighted by Gasteiger charge is 2.00. The molecule has 0 aromatic heterocycles. The Bertz CT molecular complexity index is 553. The van der Waals surface area contributed by atoms with E-state index in [-0.39, 0.29) is 6.61 Å². The average molecular weight is 236 g/mol. The van der Waals surface area contributed by atoms with E-state index in [1.54, 1.807) is 0 Å². The topological polar surface area (TPSA) is 20.2 Å². The zero-order chi connectivity index (χ0) is 12.8. The standard InChI is InChI=1S/C17H16O/c1-2-14(15-8-4-3-5-9-15)12-16-10-6-7-11-17(16)13-18/h2-12,18H,1,13H2/b14-12-. The van der Waals surface area contributed by atoms with Crippen LogP contribution in [0.1, 0.15) is 16.7 Å². The summed E-state index contributed by atoms with van der Waals surface area (Å²) in [5.41, 5.74) is 4.13. The smallest absolute Gasteiger partial charge is 0.0687 e. The molecule has 0 heterocycles. The van der Waals surface area contributed by atoms with Crippen LogP contribution >= 0.6 is 0 Å². The van der Waals surface area contributed by atoms with Crippen molar-refractivity contribution in [2.45, 2.75) is 6.61 Å². The van der Waals surface area contributed by atoms with Crippen molar-refractivity contribution in [1.82, 2.24) is 0 Å². The van der Waals surface area contributed by atoms with Crippen molar-refractivity contribution in [2.24, 2.45) is 0 Å². The van der Waals surface area contributed by atoms with Gasteiger partial charge in [-0.25, -0.2) is 0 Å². The van der Waals surface area contributed by atoms with Gasteiger partial charge < -0.3 is 5.11 Å². The minimum absolute atomic E-state index is 0.0475.